The molecular weight excluding hydrogens is 293 g/mol. The number of nitrogens with one attached hydrogen (secondary N) is 1. The van der Waals surface area contributed by atoms with Gasteiger partial charge in [-0.1, -0.05) is 30.4 Å². The van der Waals surface area contributed by atoms with Crippen LogP contribution in [0.2, 0.25) is 0 Å². The molecule has 23 heavy (non-hydrogen) atoms. The minimum absolute atomic E-state index is 0.257. The molecule has 4 nitrogen and oxygen atoms in total. The normalized spacial score (nSPS) is 13.2. The van der Waals surface area contributed by atoms with Gasteiger partial charge in [0.1, 0.15) is 17.3 Å². The Kier molecular flexibility index (Phi) is 4.47. The summed E-state index contributed by atoms with van der Waals surface area (Å²) in [5, 5.41) is 2.79. The maximum atomic E-state index is 12.9. The van der Waals surface area contributed by atoms with Crippen LogP contribution in [-0.4, -0.2) is 17.4 Å². The van der Waals surface area contributed by atoms with E-state index in [1.54, 1.807) is 24.3 Å². The summed E-state index contributed by atoms with van der Waals surface area (Å²) in [6.45, 7) is 1.06. The average Bonchev–Trinajstić information content (AvgIpc) is 2.62. The highest BCUT2D eigenvalue weighted by Gasteiger charge is 2.11. The molecule has 0 saturated carbocycles. The van der Waals surface area contributed by atoms with Crippen molar-refractivity contribution in [2.24, 2.45) is 0 Å². The van der Waals surface area contributed by atoms with Crippen LogP contribution in [0.4, 0.5) is 10.2 Å². The molecule has 0 atom stereocenters. The summed E-state index contributed by atoms with van der Waals surface area (Å²) in [7, 11) is 0. The van der Waals surface area contributed by atoms with E-state index in [4.69, 9.17) is 0 Å². The van der Waals surface area contributed by atoms with Crippen molar-refractivity contribution in [3.05, 3.63) is 84.0 Å². The van der Waals surface area contributed by atoms with Crippen molar-refractivity contribution in [3.63, 3.8) is 0 Å². The summed E-state index contributed by atoms with van der Waals surface area (Å²) < 4.78 is 12.9. The summed E-state index contributed by atoms with van der Waals surface area (Å²) in [5.41, 5.74) is 1.19. The molecule has 1 aromatic carbocycles. The van der Waals surface area contributed by atoms with Gasteiger partial charge in [0, 0.05) is 19.3 Å². The Morgan fingerprint density at radius 1 is 1.17 bits per heavy atom. The molecule has 1 aromatic heterocycles. The van der Waals surface area contributed by atoms with Crippen LogP contribution in [0, 0.1) is 5.82 Å². The quantitative estimate of drug-likeness (QED) is 0.944. The minimum atomic E-state index is -0.293. The molecule has 1 aliphatic rings. The van der Waals surface area contributed by atoms with Crippen LogP contribution in [0.5, 0.6) is 0 Å². The Morgan fingerprint density at radius 2 is 2.00 bits per heavy atom. The smallest absolute Gasteiger partial charge is 0.270 e. The zero-order valence-corrected chi connectivity index (χ0v) is 12.4. The van der Waals surface area contributed by atoms with Crippen molar-refractivity contribution < 1.29 is 9.18 Å². The van der Waals surface area contributed by atoms with Crippen LogP contribution >= 0.6 is 0 Å². The maximum Gasteiger partial charge on any atom is 0.270 e. The number of carbonyl (C=O) groups excluding carboxylic acids is 1. The minimum Gasteiger partial charge on any atom is -0.347 e. The van der Waals surface area contributed by atoms with E-state index in [2.05, 4.69) is 10.3 Å². The van der Waals surface area contributed by atoms with Gasteiger partial charge in [0.25, 0.3) is 5.91 Å². The van der Waals surface area contributed by atoms with E-state index >= 15 is 0 Å². The molecule has 3 rings (SSSR count). The molecule has 2 aromatic rings. The Morgan fingerprint density at radius 3 is 2.74 bits per heavy atom. The molecule has 0 fully saturated rings. The highest BCUT2D eigenvalue weighted by Crippen LogP contribution is 2.14. The maximum absolute atomic E-state index is 12.9. The first-order chi connectivity index (χ1) is 11.2. The van der Waals surface area contributed by atoms with Gasteiger partial charge in [0.05, 0.1) is 0 Å². The first-order valence-corrected chi connectivity index (χ1v) is 7.32. The number of nitrogens with zero attached hydrogens (tertiary/aromatic N) is 2. The number of anilines is 1. The lowest BCUT2D eigenvalue weighted by Crippen LogP contribution is -2.25. The van der Waals surface area contributed by atoms with Crippen LogP contribution in [0.25, 0.3) is 0 Å². The molecule has 2 heterocycles. The van der Waals surface area contributed by atoms with Gasteiger partial charge in [0.2, 0.25) is 0 Å². The molecule has 5 heteroatoms. The van der Waals surface area contributed by atoms with Crippen molar-refractivity contribution in [1.29, 1.82) is 0 Å². The lowest BCUT2D eigenvalue weighted by Gasteiger charge is -2.19. The van der Waals surface area contributed by atoms with Crippen molar-refractivity contribution in [2.45, 2.75) is 6.54 Å². The Labute approximate surface area is 134 Å². The summed E-state index contributed by atoms with van der Waals surface area (Å²) in [4.78, 5) is 18.6. The van der Waals surface area contributed by atoms with Crippen LogP contribution < -0.4 is 10.2 Å². The number of hydrogen-bond acceptors (Lipinski definition) is 3. The van der Waals surface area contributed by atoms with Crippen molar-refractivity contribution >= 4 is 11.7 Å². The van der Waals surface area contributed by atoms with E-state index in [0.29, 0.717) is 12.2 Å². The molecule has 0 spiro atoms. The van der Waals surface area contributed by atoms with Gasteiger partial charge in [-0.05, 0) is 35.9 Å². The first-order valence-electron chi connectivity index (χ1n) is 7.32. The number of halogens is 1. The van der Waals surface area contributed by atoms with Gasteiger partial charge in [-0.2, -0.15) is 0 Å². The molecule has 0 aliphatic carbocycles. The third-order valence-electron chi connectivity index (χ3n) is 3.44. The summed E-state index contributed by atoms with van der Waals surface area (Å²) >= 11 is 0. The van der Waals surface area contributed by atoms with Crippen molar-refractivity contribution in [2.75, 3.05) is 11.4 Å². The molecule has 0 radical (unpaired) electrons. The van der Waals surface area contributed by atoms with Crippen molar-refractivity contribution in [1.82, 2.24) is 10.3 Å². The number of aromatic nitrogens is 1. The topological polar surface area (TPSA) is 45.2 Å². The van der Waals surface area contributed by atoms with Crippen LogP contribution in [0.15, 0.2) is 66.9 Å². The van der Waals surface area contributed by atoms with E-state index in [-0.39, 0.29) is 11.7 Å². The second kappa shape index (κ2) is 6.87. The molecule has 0 bridgehead atoms. The van der Waals surface area contributed by atoms with Crippen LogP contribution in [0.3, 0.4) is 0 Å². The standard InChI is InChI=1S/C18H16FN3O/c19-15-9-7-14(8-10-15)13-20-18(23)16-5-4-6-17(21-16)22-11-2-1-3-12-22/h1-11H,12-13H2,(H,20,23). The first kappa shape index (κ1) is 15.0. The van der Waals surface area contributed by atoms with Gasteiger partial charge in [-0.25, -0.2) is 9.37 Å². The molecule has 0 saturated heterocycles. The van der Waals surface area contributed by atoms with E-state index in [1.165, 1.54) is 12.1 Å². The Balaban J connectivity index is 1.66. The lowest BCUT2D eigenvalue weighted by molar-refractivity contribution is 0.0946. The summed E-state index contributed by atoms with van der Waals surface area (Å²) in [5.74, 6) is 0.172. The van der Waals surface area contributed by atoms with E-state index in [9.17, 15) is 9.18 Å². The summed E-state index contributed by atoms with van der Waals surface area (Å²) in [6.07, 6.45) is 7.83. The fraction of sp³-hybridized carbons (Fsp3) is 0.111. The van der Waals surface area contributed by atoms with Gasteiger partial charge < -0.3 is 10.2 Å². The van der Waals surface area contributed by atoms with Crippen LogP contribution in [-0.2, 0) is 6.54 Å². The third kappa shape index (κ3) is 3.83. The van der Waals surface area contributed by atoms with Crippen LogP contribution in [0.1, 0.15) is 16.1 Å². The lowest BCUT2D eigenvalue weighted by atomic mass is 10.2. The fourth-order valence-corrected chi connectivity index (χ4v) is 2.22. The number of allylic oxidation sites excluding steroid dienone is 2. The van der Waals surface area contributed by atoms with E-state index < -0.39 is 0 Å². The predicted octanol–water partition coefficient (Wildman–Crippen LogP) is 3.04. The van der Waals surface area contributed by atoms with Gasteiger partial charge in [0.15, 0.2) is 0 Å². The molecule has 1 aliphatic heterocycles. The zero-order valence-electron chi connectivity index (χ0n) is 12.4. The number of carbonyl (C=O) groups is 1. The largest absolute Gasteiger partial charge is 0.347 e. The van der Waals surface area contributed by atoms with Gasteiger partial charge >= 0.3 is 0 Å². The van der Waals surface area contributed by atoms with Gasteiger partial charge in [-0.15, -0.1) is 0 Å². The molecule has 1 amide bonds. The second-order valence-corrected chi connectivity index (χ2v) is 5.11. The number of pyridine rings is 1. The summed E-state index contributed by atoms with van der Waals surface area (Å²) in [6, 6.07) is 11.4. The average molecular weight is 309 g/mol. The van der Waals surface area contributed by atoms with Crippen molar-refractivity contribution in [3.8, 4) is 0 Å². The molecule has 0 unspecified atom stereocenters. The monoisotopic (exact) mass is 309 g/mol. The third-order valence-corrected chi connectivity index (χ3v) is 3.44. The highest BCUT2D eigenvalue weighted by molar-refractivity contribution is 5.92. The fourth-order valence-electron chi connectivity index (χ4n) is 2.22. The number of benzene rings is 1. The molecular formula is C18H16FN3O. The molecule has 1 N–H and O–H groups in total. The number of hydrogen-bond donors (Lipinski definition) is 1. The Bertz CT molecular complexity index is 753. The second-order valence-electron chi connectivity index (χ2n) is 5.11. The highest BCUT2D eigenvalue weighted by atomic mass is 19.1. The van der Waals surface area contributed by atoms with Gasteiger partial charge in [-0.3, -0.25) is 4.79 Å². The van der Waals surface area contributed by atoms with E-state index in [1.807, 2.05) is 35.4 Å². The number of amides is 1. The number of rotatable bonds is 4. The zero-order chi connectivity index (χ0) is 16.1. The Hall–Kier alpha value is -2.95. The SMILES string of the molecule is O=C(NCc1ccc(F)cc1)c1cccc(N2C=CC=CC2)n1. The van der Waals surface area contributed by atoms with E-state index in [0.717, 1.165) is 17.9 Å². The molecule has 116 valence electrons. The predicted molar refractivity (Wildman–Crippen MR) is 87.4 cm³/mol.